The molecule has 1 aromatic carbocycles. The fraction of sp³-hybridized carbons (Fsp3) is 0.0667. The van der Waals surface area contributed by atoms with Gasteiger partial charge in [0.25, 0.3) is 0 Å². The number of hydrogen-bond acceptors (Lipinski definition) is 2. The van der Waals surface area contributed by atoms with Crippen molar-refractivity contribution in [1.82, 2.24) is 4.98 Å². The van der Waals surface area contributed by atoms with Crippen LogP contribution in [0.15, 0.2) is 54.2 Å². The smallest absolute Gasteiger partial charge is 0.189 e. The third-order valence-corrected chi connectivity index (χ3v) is 2.94. The van der Waals surface area contributed by atoms with Crippen LogP contribution >= 0.6 is 0 Å². The van der Waals surface area contributed by atoms with E-state index in [0.717, 1.165) is 22.4 Å². The first-order valence-electron chi connectivity index (χ1n) is 5.59. The van der Waals surface area contributed by atoms with Crippen molar-refractivity contribution in [2.24, 2.45) is 0 Å². The number of nitrogens with zero attached hydrogens (tertiary/aromatic N) is 1. The van der Waals surface area contributed by atoms with Gasteiger partial charge >= 0.3 is 0 Å². The number of aromatic nitrogens is 1. The molecule has 1 heterocycles. The maximum atomic E-state index is 12.1. The van der Waals surface area contributed by atoms with Gasteiger partial charge in [0.1, 0.15) is 0 Å². The Morgan fingerprint density at radius 1 is 1.06 bits per heavy atom. The summed E-state index contributed by atoms with van der Waals surface area (Å²) in [4.78, 5) is 16.3. The van der Waals surface area contributed by atoms with Crippen LogP contribution in [0.2, 0.25) is 0 Å². The predicted octanol–water partition coefficient (Wildman–Crippen LogP) is 2.90. The summed E-state index contributed by atoms with van der Waals surface area (Å²) in [6.45, 7) is 0. The van der Waals surface area contributed by atoms with Crippen LogP contribution in [-0.4, -0.2) is 10.8 Å². The average Bonchev–Trinajstić information content (AvgIpc) is 2.68. The lowest BCUT2D eigenvalue weighted by molar-refractivity contribution is 0.104. The van der Waals surface area contributed by atoms with Gasteiger partial charge in [0.2, 0.25) is 0 Å². The number of benzene rings is 1. The van der Waals surface area contributed by atoms with Crippen LogP contribution in [0.3, 0.4) is 0 Å². The van der Waals surface area contributed by atoms with Crippen molar-refractivity contribution in [3.05, 3.63) is 71.1 Å². The molecule has 0 saturated carbocycles. The van der Waals surface area contributed by atoms with Crippen molar-refractivity contribution in [2.75, 3.05) is 0 Å². The fourth-order valence-electron chi connectivity index (χ4n) is 2.11. The second kappa shape index (κ2) is 3.98. The van der Waals surface area contributed by atoms with E-state index in [0.29, 0.717) is 6.42 Å². The van der Waals surface area contributed by atoms with E-state index in [1.54, 1.807) is 6.20 Å². The first-order chi connectivity index (χ1) is 8.34. The highest BCUT2D eigenvalue weighted by Crippen LogP contribution is 2.26. The molecule has 0 spiro atoms. The van der Waals surface area contributed by atoms with Gasteiger partial charge in [-0.2, -0.15) is 0 Å². The van der Waals surface area contributed by atoms with Crippen LogP contribution in [0, 0.1) is 0 Å². The monoisotopic (exact) mass is 221 g/mol. The van der Waals surface area contributed by atoms with Crippen LogP contribution in [0.5, 0.6) is 0 Å². The van der Waals surface area contributed by atoms with Gasteiger partial charge in [0.15, 0.2) is 5.78 Å². The normalized spacial score (nSPS) is 16.2. The number of carbonyl (C=O) groups is 1. The zero-order chi connectivity index (χ0) is 11.7. The van der Waals surface area contributed by atoms with E-state index >= 15 is 0 Å². The van der Waals surface area contributed by atoms with E-state index in [9.17, 15) is 4.79 Å². The van der Waals surface area contributed by atoms with Gasteiger partial charge in [0.05, 0.1) is 5.69 Å². The molecule has 0 radical (unpaired) electrons. The van der Waals surface area contributed by atoms with E-state index in [1.807, 2.05) is 48.5 Å². The Hall–Kier alpha value is -2.22. The summed E-state index contributed by atoms with van der Waals surface area (Å²) < 4.78 is 0. The molecular weight excluding hydrogens is 210 g/mol. The Labute approximate surface area is 99.6 Å². The van der Waals surface area contributed by atoms with Crippen molar-refractivity contribution in [1.29, 1.82) is 0 Å². The molecule has 3 rings (SSSR count). The summed E-state index contributed by atoms with van der Waals surface area (Å²) in [7, 11) is 0. The Bertz CT molecular complexity index is 599. The van der Waals surface area contributed by atoms with E-state index in [2.05, 4.69) is 4.98 Å². The molecule has 17 heavy (non-hydrogen) atoms. The number of pyridine rings is 1. The summed E-state index contributed by atoms with van der Waals surface area (Å²) in [6, 6.07) is 13.5. The minimum atomic E-state index is 0.131. The zero-order valence-electron chi connectivity index (χ0n) is 9.26. The van der Waals surface area contributed by atoms with Crippen molar-refractivity contribution in [3.63, 3.8) is 0 Å². The summed E-state index contributed by atoms with van der Waals surface area (Å²) in [5, 5.41) is 0. The Morgan fingerprint density at radius 2 is 1.88 bits per heavy atom. The number of allylic oxidation sites excluding steroid dienone is 1. The lowest BCUT2D eigenvalue weighted by Gasteiger charge is -1.95. The maximum Gasteiger partial charge on any atom is 0.189 e. The second-order valence-corrected chi connectivity index (χ2v) is 4.09. The molecular formula is C15H11NO. The molecule has 1 aromatic heterocycles. The fourth-order valence-corrected chi connectivity index (χ4v) is 2.11. The Morgan fingerprint density at radius 3 is 2.65 bits per heavy atom. The number of Topliss-reactive ketones (excluding diaryl/α,β-unsaturated/α-hetero) is 1. The standard InChI is InChI=1S/C15H11NO/c17-15-12(10-13-6-3-4-8-16-13)9-11-5-1-2-7-14(11)15/h1-8,10H,9H2/b12-10-. The zero-order valence-corrected chi connectivity index (χ0v) is 9.26. The molecule has 0 N–H and O–H groups in total. The third kappa shape index (κ3) is 1.78. The lowest BCUT2D eigenvalue weighted by atomic mass is 10.1. The number of fused-ring (bicyclic) bond motifs is 1. The van der Waals surface area contributed by atoms with Crippen molar-refractivity contribution in [3.8, 4) is 0 Å². The van der Waals surface area contributed by atoms with Gasteiger partial charge in [-0.25, -0.2) is 0 Å². The molecule has 0 unspecified atom stereocenters. The van der Waals surface area contributed by atoms with Gasteiger partial charge in [-0.15, -0.1) is 0 Å². The van der Waals surface area contributed by atoms with E-state index in [1.165, 1.54) is 0 Å². The Kier molecular flexibility index (Phi) is 2.33. The molecule has 2 aromatic rings. The summed E-state index contributed by atoms with van der Waals surface area (Å²) in [5.41, 5.74) is 3.60. The van der Waals surface area contributed by atoms with Crippen molar-refractivity contribution in [2.45, 2.75) is 6.42 Å². The Balaban J connectivity index is 2.00. The molecule has 1 aliphatic rings. The molecule has 0 bridgehead atoms. The molecule has 2 heteroatoms. The maximum absolute atomic E-state index is 12.1. The summed E-state index contributed by atoms with van der Waals surface area (Å²) in [6.07, 6.45) is 4.33. The van der Waals surface area contributed by atoms with E-state index in [-0.39, 0.29) is 5.78 Å². The largest absolute Gasteiger partial charge is 0.289 e. The number of hydrogen-bond donors (Lipinski definition) is 0. The third-order valence-electron chi connectivity index (χ3n) is 2.94. The highest BCUT2D eigenvalue weighted by atomic mass is 16.1. The van der Waals surface area contributed by atoms with Gasteiger partial charge in [-0.3, -0.25) is 9.78 Å². The molecule has 0 saturated heterocycles. The predicted molar refractivity (Wildman–Crippen MR) is 66.7 cm³/mol. The van der Waals surface area contributed by atoms with Crippen LogP contribution in [0.25, 0.3) is 6.08 Å². The highest BCUT2D eigenvalue weighted by molar-refractivity contribution is 6.15. The van der Waals surface area contributed by atoms with Crippen LogP contribution in [0.4, 0.5) is 0 Å². The molecule has 0 aliphatic heterocycles. The van der Waals surface area contributed by atoms with E-state index in [4.69, 9.17) is 0 Å². The topological polar surface area (TPSA) is 30.0 Å². The molecule has 0 amide bonds. The number of ketones is 1. The number of carbonyl (C=O) groups excluding carboxylic acids is 1. The highest BCUT2D eigenvalue weighted by Gasteiger charge is 2.23. The summed E-state index contributed by atoms with van der Waals surface area (Å²) in [5.74, 6) is 0.131. The average molecular weight is 221 g/mol. The van der Waals surface area contributed by atoms with Crippen molar-refractivity contribution < 1.29 is 4.79 Å². The molecule has 0 fully saturated rings. The summed E-state index contributed by atoms with van der Waals surface area (Å²) >= 11 is 0. The lowest BCUT2D eigenvalue weighted by Crippen LogP contribution is -1.95. The first-order valence-corrected chi connectivity index (χ1v) is 5.59. The quantitative estimate of drug-likeness (QED) is 0.693. The first kappa shape index (κ1) is 9.97. The number of rotatable bonds is 1. The molecule has 0 atom stereocenters. The SMILES string of the molecule is O=C1/C(=C\c2ccccn2)Cc2ccccc21. The van der Waals surface area contributed by atoms with Gasteiger partial charge in [-0.05, 0) is 23.8 Å². The van der Waals surface area contributed by atoms with Crippen LogP contribution in [0.1, 0.15) is 21.6 Å². The van der Waals surface area contributed by atoms with Gasteiger partial charge in [-0.1, -0.05) is 30.3 Å². The van der Waals surface area contributed by atoms with Gasteiger partial charge in [0, 0.05) is 23.8 Å². The van der Waals surface area contributed by atoms with E-state index < -0.39 is 0 Å². The van der Waals surface area contributed by atoms with Crippen molar-refractivity contribution >= 4 is 11.9 Å². The minimum Gasteiger partial charge on any atom is -0.289 e. The van der Waals surface area contributed by atoms with Crippen LogP contribution < -0.4 is 0 Å². The van der Waals surface area contributed by atoms with Gasteiger partial charge < -0.3 is 0 Å². The second-order valence-electron chi connectivity index (χ2n) is 4.09. The molecule has 2 nitrogen and oxygen atoms in total. The minimum absolute atomic E-state index is 0.131. The van der Waals surface area contributed by atoms with Crippen LogP contribution in [-0.2, 0) is 6.42 Å². The molecule has 1 aliphatic carbocycles. The molecule has 82 valence electrons.